The molecule has 1 aromatic heterocycles. The van der Waals surface area contributed by atoms with Crippen LogP contribution in [0.2, 0.25) is 0 Å². The molecule has 1 aliphatic heterocycles. The number of hydrogen-bond donors (Lipinski definition) is 1. The van der Waals surface area contributed by atoms with Crippen LogP contribution in [0.1, 0.15) is 84.5 Å². The van der Waals surface area contributed by atoms with E-state index < -0.39 is 0 Å². The van der Waals surface area contributed by atoms with E-state index in [9.17, 15) is 9.90 Å². The molecule has 0 saturated heterocycles. The number of aryl methyl sites for hydroxylation is 1. The van der Waals surface area contributed by atoms with Crippen molar-refractivity contribution in [2.75, 3.05) is 0 Å². The summed E-state index contributed by atoms with van der Waals surface area (Å²) in [6.07, 6.45) is 7.00. The molecule has 0 spiro atoms. The molecule has 0 aromatic carbocycles. The summed E-state index contributed by atoms with van der Waals surface area (Å²) < 4.78 is 12.4. The second-order valence-electron chi connectivity index (χ2n) is 12.2. The smallest absolute Gasteiger partial charge is 0.292 e. The first kappa shape index (κ1) is 20.6. The van der Waals surface area contributed by atoms with Crippen LogP contribution in [0, 0.1) is 40.9 Å². The zero-order valence-electron chi connectivity index (χ0n) is 19.5. The molecule has 0 bridgehead atoms. The van der Waals surface area contributed by atoms with Gasteiger partial charge in [0.25, 0.3) is 5.95 Å². The highest BCUT2D eigenvalue weighted by Gasteiger charge is 2.66. The maximum absolute atomic E-state index is 12.8. The fourth-order valence-corrected chi connectivity index (χ4v) is 8.82. The molecule has 0 amide bonds. The average Bonchev–Trinajstić information content (AvgIpc) is 2.63. The Morgan fingerprint density at radius 3 is 2.30 bits per heavy atom. The van der Waals surface area contributed by atoms with Crippen LogP contribution in [-0.2, 0) is 6.42 Å². The third-order valence-electron chi connectivity index (χ3n) is 10.4. The van der Waals surface area contributed by atoms with Crippen molar-refractivity contribution >= 4 is 0 Å². The van der Waals surface area contributed by atoms with Gasteiger partial charge in [-0.2, -0.15) is 0 Å². The van der Waals surface area contributed by atoms with Gasteiger partial charge in [0.15, 0.2) is 5.43 Å². The lowest BCUT2D eigenvalue weighted by Gasteiger charge is -2.68. The summed E-state index contributed by atoms with van der Waals surface area (Å²) in [5.74, 6) is 2.53. The SMILES string of the molecule is Cc1cc(=O)c2c(o1)OC1(C)CCC3C(C)(CCC4C(C)(C)C(O)CCC43C)C1C2. The van der Waals surface area contributed by atoms with Gasteiger partial charge in [-0.3, -0.25) is 4.79 Å². The minimum absolute atomic E-state index is 0.0384. The van der Waals surface area contributed by atoms with E-state index in [2.05, 4.69) is 34.6 Å². The van der Waals surface area contributed by atoms with Gasteiger partial charge in [-0.15, -0.1) is 0 Å². The molecule has 1 aromatic rings. The van der Waals surface area contributed by atoms with Gasteiger partial charge in [-0.1, -0.05) is 27.7 Å². The Labute approximate surface area is 180 Å². The van der Waals surface area contributed by atoms with Crippen LogP contribution in [-0.4, -0.2) is 16.8 Å². The summed E-state index contributed by atoms with van der Waals surface area (Å²) in [5, 5.41) is 10.8. The van der Waals surface area contributed by atoms with Gasteiger partial charge in [0.05, 0.1) is 11.7 Å². The molecule has 2 heterocycles. The molecule has 30 heavy (non-hydrogen) atoms. The quantitative estimate of drug-likeness (QED) is 0.628. The summed E-state index contributed by atoms with van der Waals surface area (Å²) in [6, 6.07) is 1.61. The second-order valence-corrected chi connectivity index (χ2v) is 12.2. The van der Waals surface area contributed by atoms with Crippen LogP contribution < -0.4 is 10.2 Å². The van der Waals surface area contributed by atoms with Crippen LogP contribution in [0.3, 0.4) is 0 Å². The molecule has 4 nitrogen and oxygen atoms in total. The van der Waals surface area contributed by atoms with Crippen LogP contribution in [0.25, 0.3) is 0 Å². The number of aliphatic hydroxyl groups is 1. The first-order valence-electron chi connectivity index (χ1n) is 11.9. The molecule has 3 saturated carbocycles. The summed E-state index contributed by atoms with van der Waals surface area (Å²) >= 11 is 0. The molecule has 3 aliphatic carbocycles. The fourth-order valence-electron chi connectivity index (χ4n) is 8.82. The van der Waals surface area contributed by atoms with Gasteiger partial charge in [0.2, 0.25) is 0 Å². The second kappa shape index (κ2) is 6.15. The number of rotatable bonds is 0. The van der Waals surface area contributed by atoms with E-state index in [1.54, 1.807) is 6.07 Å². The average molecular weight is 415 g/mol. The molecular formula is C26H38O4. The van der Waals surface area contributed by atoms with Gasteiger partial charge < -0.3 is 14.3 Å². The van der Waals surface area contributed by atoms with Crippen molar-refractivity contribution in [2.24, 2.45) is 34.0 Å². The lowest BCUT2D eigenvalue weighted by molar-refractivity contribution is -0.226. The van der Waals surface area contributed by atoms with E-state index in [4.69, 9.17) is 9.15 Å². The van der Waals surface area contributed by atoms with E-state index >= 15 is 0 Å². The number of fused-ring (bicyclic) bond motifs is 6. The summed E-state index contributed by atoms with van der Waals surface area (Å²) in [5.41, 5.74) is 0.832. The van der Waals surface area contributed by atoms with E-state index in [1.165, 1.54) is 0 Å². The lowest BCUT2D eigenvalue weighted by atomic mass is 9.37. The number of aliphatic hydroxyl groups excluding tert-OH is 1. The molecule has 4 heteroatoms. The molecule has 7 atom stereocenters. The first-order chi connectivity index (χ1) is 13.9. The van der Waals surface area contributed by atoms with Crippen molar-refractivity contribution in [3.05, 3.63) is 27.6 Å². The monoisotopic (exact) mass is 414 g/mol. The molecule has 4 aliphatic rings. The Balaban J connectivity index is 1.57. The van der Waals surface area contributed by atoms with Crippen molar-refractivity contribution < 1.29 is 14.3 Å². The molecule has 5 rings (SSSR count). The predicted molar refractivity (Wildman–Crippen MR) is 117 cm³/mol. The van der Waals surface area contributed by atoms with Gasteiger partial charge in [0, 0.05) is 12.0 Å². The lowest BCUT2D eigenvalue weighted by Crippen LogP contribution is -2.66. The summed E-state index contributed by atoms with van der Waals surface area (Å²) in [4.78, 5) is 12.8. The molecule has 7 unspecified atom stereocenters. The molecule has 166 valence electrons. The Kier molecular flexibility index (Phi) is 4.22. The summed E-state index contributed by atoms with van der Waals surface area (Å²) in [7, 11) is 0. The molecule has 0 radical (unpaired) electrons. The highest BCUT2D eigenvalue weighted by atomic mass is 16.6. The molecular weight excluding hydrogens is 376 g/mol. The zero-order chi connectivity index (χ0) is 21.7. The van der Waals surface area contributed by atoms with Crippen LogP contribution in [0.4, 0.5) is 0 Å². The highest BCUT2D eigenvalue weighted by molar-refractivity contribution is 5.31. The number of ether oxygens (including phenoxy) is 1. The van der Waals surface area contributed by atoms with Crippen LogP contribution >= 0.6 is 0 Å². The van der Waals surface area contributed by atoms with Crippen LogP contribution in [0.5, 0.6) is 5.95 Å². The Hall–Kier alpha value is -1.29. The van der Waals surface area contributed by atoms with Crippen molar-refractivity contribution in [3.8, 4) is 5.95 Å². The highest BCUT2D eigenvalue weighted by Crippen LogP contribution is 2.70. The van der Waals surface area contributed by atoms with Gasteiger partial charge >= 0.3 is 0 Å². The summed E-state index contributed by atoms with van der Waals surface area (Å²) in [6.45, 7) is 13.6. The van der Waals surface area contributed by atoms with Gasteiger partial charge in [-0.05, 0) is 86.9 Å². The van der Waals surface area contributed by atoms with E-state index in [0.29, 0.717) is 29.5 Å². The van der Waals surface area contributed by atoms with Crippen molar-refractivity contribution in [1.82, 2.24) is 0 Å². The minimum atomic E-state index is -0.283. The maximum Gasteiger partial charge on any atom is 0.292 e. The third kappa shape index (κ3) is 2.52. The Morgan fingerprint density at radius 2 is 1.57 bits per heavy atom. The molecule has 1 N–H and O–H groups in total. The van der Waals surface area contributed by atoms with Crippen molar-refractivity contribution in [1.29, 1.82) is 0 Å². The van der Waals surface area contributed by atoms with E-state index in [-0.39, 0.29) is 33.4 Å². The van der Waals surface area contributed by atoms with Gasteiger partial charge in [-0.25, -0.2) is 0 Å². The predicted octanol–water partition coefficient (Wildman–Crippen LogP) is 5.27. The van der Waals surface area contributed by atoms with Crippen LogP contribution in [0.15, 0.2) is 15.3 Å². The number of hydrogen-bond acceptors (Lipinski definition) is 4. The minimum Gasteiger partial charge on any atom is -0.458 e. The standard InChI is InChI=1S/C26H38O4/c1-15-13-17(27)16-14-20-25(5)10-7-18-23(2,3)21(28)9-11-24(18,4)19(25)8-12-26(20,6)30-22(16)29-15/h13,18-21,28H,7-12,14H2,1-6H3. The maximum atomic E-state index is 12.8. The Bertz CT molecular complexity index is 931. The first-order valence-corrected chi connectivity index (χ1v) is 11.9. The third-order valence-corrected chi connectivity index (χ3v) is 10.4. The largest absolute Gasteiger partial charge is 0.458 e. The van der Waals surface area contributed by atoms with E-state index in [0.717, 1.165) is 50.5 Å². The van der Waals surface area contributed by atoms with Gasteiger partial charge in [0.1, 0.15) is 11.4 Å². The van der Waals surface area contributed by atoms with E-state index in [1.807, 2.05) is 6.92 Å². The normalized spacial score (nSPS) is 46.6. The zero-order valence-corrected chi connectivity index (χ0v) is 19.5. The Morgan fingerprint density at radius 1 is 0.933 bits per heavy atom. The van der Waals surface area contributed by atoms with Crippen molar-refractivity contribution in [3.63, 3.8) is 0 Å². The fraction of sp³-hybridized carbons (Fsp3) is 0.808. The topological polar surface area (TPSA) is 59.7 Å². The molecule has 3 fully saturated rings. The van der Waals surface area contributed by atoms with Crippen molar-refractivity contribution in [2.45, 2.75) is 98.2 Å².